The van der Waals surface area contributed by atoms with E-state index < -0.39 is 0 Å². The molecule has 0 spiro atoms. The number of fused-ring (bicyclic) bond motifs is 1. The molecule has 0 bridgehead atoms. The summed E-state index contributed by atoms with van der Waals surface area (Å²) in [6.07, 6.45) is 1.00. The van der Waals surface area contributed by atoms with E-state index in [2.05, 4.69) is 46.1 Å². The number of halogens is 1. The topological polar surface area (TPSA) is 55.0 Å². The summed E-state index contributed by atoms with van der Waals surface area (Å²) in [6, 6.07) is 10.5. The van der Waals surface area contributed by atoms with Crippen LogP contribution in [0.1, 0.15) is 24.1 Å². The maximum Gasteiger partial charge on any atom is 0.223 e. The summed E-state index contributed by atoms with van der Waals surface area (Å²) in [5.74, 6) is 1.01. The molecule has 1 aliphatic heterocycles. The predicted octanol–water partition coefficient (Wildman–Crippen LogP) is 2.84. The second kappa shape index (κ2) is 4.70. The summed E-state index contributed by atoms with van der Waals surface area (Å²) >= 11 is 5.96. The van der Waals surface area contributed by atoms with E-state index in [4.69, 9.17) is 17.3 Å². The quantitative estimate of drug-likeness (QED) is 0.813. The number of hydrogen-bond acceptors (Lipinski definition) is 4. The van der Waals surface area contributed by atoms with Crippen LogP contribution in [0.3, 0.4) is 0 Å². The van der Waals surface area contributed by atoms with Crippen LogP contribution in [0.25, 0.3) is 0 Å². The van der Waals surface area contributed by atoms with Crippen molar-refractivity contribution in [3.63, 3.8) is 0 Å². The van der Waals surface area contributed by atoms with Crippen LogP contribution in [0.2, 0.25) is 5.15 Å². The van der Waals surface area contributed by atoms with E-state index in [-0.39, 0.29) is 12.0 Å². The van der Waals surface area contributed by atoms with Gasteiger partial charge in [0.15, 0.2) is 0 Å². The second-order valence-electron chi connectivity index (χ2n) is 4.73. The van der Waals surface area contributed by atoms with Crippen LogP contribution in [0.15, 0.2) is 30.3 Å². The normalized spacial score (nSPS) is 18.2. The van der Waals surface area contributed by atoms with E-state index in [0.29, 0.717) is 5.15 Å². The number of benzene rings is 1. The first-order valence-electron chi connectivity index (χ1n) is 6.29. The zero-order valence-electron chi connectivity index (χ0n) is 10.7. The molecule has 1 aromatic carbocycles. The Kier molecular flexibility index (Phi) is 3.03. The van der Waals surface area contributed by atoms with Gasteiger partial charge < -0.3 is 10.6 Å². The van der Waals surface area contributed by atoms with E-state index in [1.165, 1.54) is 11.1 Å². The van der Waals surface area contributed by atoms with Crippen molar-refractivity contribution < 1.29 is 0 Å². The Morgan fingerprint density at radius 3 is 2.89 bits per heavy atom. The minimum absolute atomic E-state index is 0.216. The van der Waals surface area contributed by atoms with Gasteiger partial charge in [0.05, 0.1) is 6.04 Å². The molecule has 0 radical (unpaired) electrons. The highest BCUT2D eigenvalue weighted by molar-refractivity contribution is 6.29. The lowest BCUT2D eigenvalue weighted by Crippen LogP contribution is -2.34. The summed E-state index contributed by atoms with van der Waals surface area (Å²) in [5.41, 5.74) is 8.41. The van der Waals surface area contributed by atoms with Gasteiger partial charge in [-0.1, -0.05) is 35.9 Å². The Morgan fingerprint density at radius 2 is 2.11 bits per heavy atom. The maximum atomic E-state index is 5.96. The van der Waals surface area contributed by atoms with Crippen molar-refractivity contribution in [1.29, 1.82) is 0 Å². The van der Waals surface area contributed by atoms with Gasteiger partial charge in [0.25, 0.3) is 0 Å². The highest BCUT2D eigenvalue weighted by Crippen LogP contribution is 2.33. The number of aromatic nitrogens is 2. The Bertz CT molecular complexity index is 594. The highest BCUT2D eigenvalue weighted by Gasteiger charge is 2.24. The molecule has 0 amide bonds. The Balaban J connectivity index is 1.99. The van der Waals surface area contributed by atoms with Gasteiger partial charge in [0, 0.05) is 12.6 Å². The summed E-state index contributed by atoms with van der Waals surface area (Å²) in [4.78, 5) is 10.4. The first-order chi connectivity index (χ1) is 9.15. The molecule has 0 fully saturated rings. The van der Waals surface area contributed by atoms with E-state index in [9.17, 15) is 0 Å². The first kappa shape index (κ1) is 12.2. The van der Waals surface area contributed by atoms with Crippen molar-refractivity contribution in [1.82, 2.24) is 9.97 Å². The molecule has 0 aliphatic carbocycles. The van der Waals surface area contributed by atoms with Crippen molar-refractivity contribution in [3.8, 4) is 0 Å². The van der Waals surface area contributed by atoms with Crippen LogP contribution in [-0.4, -0.2) is 16.5 Å². The average molecular weight is 275 g/mol. The fraction of sp³-hybridized carbons (Fsp3) is 0.286. The molecule has 0 saturated carbocycles. The summed E-state index contributed by atoms with van der Waals surface area (Å²) in [7, 11) is 0. The molecule has 0 saturated heterocycles. The molecule has 1 atom stereocenters. The number of nitrogen functional groups attached to an aromatic ring is 1. The number of nitrogens with two attached hydrogens (primary N) is 1. The van der Waals surface area contributed by atoms with Crippen molar-refractivity contribution in [2.75, 3.05) is 17.2 Å². The third-order valence-electron chi connectivity index (χ3n) is 3.59. The Labute approximate surface area is 117 Å². The van der Waals surface area contributed by atoms with Crippen LogP contribution >= 0.6 is 11.6 Å². The molecule has 2 aromatic rings. The lowest BCUT2D eigenvalue weighted by molar-refractivity contribution is 0.617. The minimum Gasteiger partial charge on any atom is -0.368 e. The lowest BCUT2D eigenvalue weighted by Gasteiger charge is -2.36. The molecular formula is C14H15ClN4. The standard InChI is InChI=1S/C14H15ClN4/c1-9-11-5-3-2-4-10(11)6-7-19(9)13-8-12(15)17-14(16)18-13/h2-5,8-9H,6-7H2,1H3,(H2,16,17,18). The van der Waals surface area contributed by atoms with Gasteiger partial charge in [-0.15, -0.1) is 0 Å². The van der Waals surface area contributed by atoms with E-state index in [0.717, 1.165) is 18.8 Å². The summed E-state index contributed by atoms with van der Waals surface area (Å²) in [6.45, 7) is 3.08. The zero-order chi connectivity index (χ0) is 13.4. The Hall–Kier alpha value is -1.81. The van der Waals surface area contributed by atoms with Gasteiger partial charge in [-0.3, -0.25) is 0 Å². The molecule has 98 valence electrons. The van der Waals surface area contributed by atoms with Gasteiger partial charge in [-0.05, 0) is 24.5 Å². The van der Waals surface area contributed by atoms with Gasteiger partial charge in [-0.25, -0.2) is 4.98 Å². The van der Waals surface area contributed by atoms with Gasteiger partial charge in [-0.2, -0.15) is 4.98 Å². The fourth-order valence-corrected chi connectivity index (χ4v) is 2.84. The minimum atomic E-state index is 0.216. The van der Waals surface area contributed by atoms with Crippen LogP contribution in [0.4, 0.5) is 11.8 Å². The highest BCUT2D eigenvalue weighted by atomic mass is 35.5. The smallest absolute Gasteiger partial charge is 0.223 e. The number of rotatable bonds is 1. The summed E-state index contributed by atoms with van der Waals surface area (Å²) < 4.78 is 0. The molecule has 2 heterocycles. The second-order valence-corrected chi connectivity index (χ2v) is 5.11. The van der Waals surface area contributed by atoms with Gasteiger partial charge in [0.1, 0.15) is 11.0 Å². The molecular weight excluding hydrogens is 260 g/mol. The molecule has 1 aliphatic rings. The molecule has 2 N–H and O–H groups in total. The van der Waals surface area contributed by atoms with Crippen molar-refractivity contribution in [2.24, 2.45) is 0 Å². The largest absolute Gasteiger partial charge is 0.368 e. The molecule has 1 unspecified atom stereocenters. The number of anilines is 2. The van der Waals surface area contributed by atoms with Crippen molar-refractivity contribution in [3.05, 3.63) is 46.6 Å². The maximum absolute atomic E-state index is 5.96. The first-order valence-corrected chi connectivity index (χ1v) is 6.67. The van der Waals surface area contributed by atoms with Gasteiger partial charge in [0.2, 0.25) is 5.95 Å². The van der Waals surface area contributed by atoms with Crippen LogP contribution in [0.5, 0.6) is 0 Å². The van der Waals surface area contributed by atoms with Crippen molar-refractivity contribution in [2.45, 2.75) is 19.4 Å². The van der Waals surface area contributed by atoms with E-state index in [1.54, 1.807) is 6.07 Å². The molecule has 4 nitrogen and oxygen atoms in total. The molecule has 19 heavy (non-hydrogen) atoms. The number of nitrogens with zero attached hydrogens (tertiary/aromatic N) is 3. The average Bonchev–Trinajstić information content (AvgIpc) is 2.38. The summed E-state index contributed by atoms with van der Waals surface area (Å²) in [5, 5.41) is 0.383. The van der Waals surface area contributed by atoms with E-state index >= 15 is 0 Å². The van der Waals surface area contributed by atoms with Crippen LogP contribution in [-0.2, 0) is 6.42 Å². The molecule has 1 aromatic heterocycles. The van der Waals surface area contributed by atoms with Crippen LogP contribution < -0.4 is 10.6 Å². The van der Waals surface area contributed by atoms with E-state index in [1.807, 2.05) is 0 Å². The molecule has 3 rings (SSSR count). The fourth-order valence-electron chi connectivity index (χ4n) is 2.65. The predicted molar refractivity (Wildman–Crippen MR) is 77.4 cm³/mol. The number of hydrogen-bond donors (Lipinski definition) is 1. The van der Waals surface area contributed by atoms with Crippen molar-refractivity contribution >= 4 is 23.4 Å². The SMILES string of the molecule is CC1c2ccccc2CCN1c1cc(Cl)nc(N)n1. The molecule has 5 heteroatoms. The third kappa shape index (κ3) is 2.24. The Morgan fingerprint density at radius 1 is 1.32 bits per heavy atom. The lowest BCUT2D eigenvalue weighted by atomic mass is 9.94. The zero-order valence-corrected chi connectivity index (χ0v) is 11.4. The van der Waals surface area contributed by atoms with Crippen LogP contribution in [0, 0.1) is 0 Å². The van der Waals surface area contributed by atoms with Gasteiger partial charge >= 0.3 is 0 Å². The third-order valence-corrected chi connectivity index (χ3v) is 3.78. The monoisotopic (exact) mass is 274 g/mol.